The van der Waals surface area contributed by atoms with Crippen molar-refractivity contribution in [2.45, 2.75) is 52.5 Å². The van der Waals surface area contributed by atoms with E-state index in [2.05, 4.69) is 61.3 Å². The van der Waals surface area contributed by atoms with Gasteiger partial charge in [-0.25, -0.2) is 0 Å². The van der Waals surface area contributed by atoms with E-state index in [0.29, 0.717) is 17.8 Å². The van der Waals surface area contributed by atoms with E-state index in [4.69, 9.17) is 0 Å². The quantitative estimate of drug-likeness (QED) is 0.457. The molecule has 5 rings (SSSR count). The van der Waals surface area contributed by atoms with Crippen molar-refractivity contribution in [3.8, 4) is 0 Å². The highest BCUT2D eigenvalue weighted by Gasteiger charge is 2.57. The van der Waals surface area contributed by atoms with Gasteiger partial charge >= 0.3 is 0 Å². The molecule has 4 aliphatic carbocycles. The first kappa shape index (κ1) is 18.0. The van der Waals surface area contributed by atoms with Crippen LogP contribution in [-0.4, -0.2) is 11.0 Å². The van der Waals surface area contributed by atoms with Gasteiger partial charge in [-0.15, -0.1) is 4.91 Å². The van der Waals surface area contributed by atoms with Crippen LogP contribution in [0.25, 0.3) is 5.57 Å². The zero-order valence-electron chi connectivity index (χ0n) is 17.1. The molecule has 2 saturated carbocycles. The zero-order chi connectivity index (χ0) is 19.5. The van der Waals surface area contributed by atoms with Crippen LogP contribution in [0.2, 0.25) is 0 Å². The fourth-order valence-electron chi connectivity index (χ4n) is 7.35. The Hall–Kier alpha value is -2.03. The lowest BCUT2D eigenvalue weighted by Crippen LogP contribution is -2.50. The van der Waals surface area contributed by atoms with Crippen molar-refractivity contribution >= 4 is 5.57 Å². The minimum absolute atomic E-state index is 0.0852. The molecule has 0 bridgehead atoms. The van der Waals surface area contributed by atoms with Crippen LogP contribution in [0, 0.1) is 39.4 Å². The fourth-order valence-corrected chi connectivity index (χ4v) is 7.35. The summed E-state index contributed by atoms with van der Waals surface area (Å²) in [5.41, 5.74) is 4.63. The number of fused-ring (bicyclic) bond motifs is 5. The third-order valence-electron chi connectivity index (χ3n) is 8.65. The van der Waals surface area contributed by atoms with Crippen LogP contribution >= 0.6 is 0 Å². The molecular formula is C25H30N2O. The van der Waals surface area contributed by atoms with Gasteiger partial charge in [-0.3, -0.25) is 4.98 Å². The van der Waals surface area contributed by atoms with Crippen molar-refractivity contribution in [2.24, 2.45) is 39.7 Å². The van der Waals surface area contributed by atoms with Crippen molar-refractivity contribution in [1.82, 2.24) is 4.98 Å². The van der Waals surface area contributed by atoms with Gasteiger partial charge in [0, 0.05) is 17.8 Å². The summed E-state index contributed by atoms with van der Waals surface area (Å²) in [7, 11) is 0. The van der Waals surface area contributed by atoms with Gasteiger partial charge in [-0.1, -0.05) is 61.9 Å². The summed E-state index contributed by atoms with van der Waals surface area (Å²) in [6.45, 7) is 7.27. The first-order chi connectivity index (χ1) is 13.5. The van der Waals surface area contributed by atoms with Gasteiger partial charge < -0.3 is 0 Å². The number of rotatable bonds is 2. The van der Waals surface area contributed by atoms with E-state index < -0.39 is 0 Å². The summed E-state index contributed by atoms with van der Waals surface area (Å²) in [5, 5.41) is 3.29. The number of hydrogen-bond acceptors (Lipinski definition) is 3. The molecule has 2 unspecified atom stereocenters. The molecule has 0 spiro atoms. The van der Waals surface area contributed by atoms with Crippen LogP contribution in [0.4, 0.5) is 0 Å². The maximum Gasteiger partial charge on any atom is 0.128 e. The van der Waals surface area contributed by atoms with Crippen LogP contribution < -0.4 is 0 Å². The smallest absolute Gasteiger partial charge is 0.128 e. The summed E-state index contributed by atoms with van der Waals surface area (Å²) < 4.78 is 0. The highest BCUT2D eigenvalue weighted by atomic mass is 16.3. The molecular weight excluding hydrogens is 344 g/mol. The monoisotopic (exact) mass is 374 g/mol. The Bertz CT molecular complexity index is 885. The third kappa shape index (κ3) is 2.38. The average Bonchev–Trinajstić information content (AvgIpc) is 3.06. The highest BCUT2D eigenvalue weighted by molar-refractivity contribution is 5.72. The van der Waals surface area contributed by atoms with Crippen molar-refractivity contribution in [3.63, 3.8) is 0 Å². The number of nitrogens with zero attached hydrogens (tertiary/aromatic N) is 2. The minimum atomic E-state index is -0.277. The first-order valence-corrected chi connectivity index (χ1v) is 10.8. The zero-order valence-corrected chi connectivity index (χ0v) is 17.1. The maximum atomic E-state index is 11.1. The minimum Gasteiger partial charge on any atom is -0.264 e. The Morgan fingerprint density at radius 1 is 1.25 bits per heavy atom. The summed E-state index contributed by atoms with van der Waals surface area (Å²) in [6.07, 6.45) is 17.8. The second kappa shape index (κ2) is 6.23. The van der Waals surface area contributed by atoms with Gasteiger partial charge in [0.15, 0.2) is 0 Å². The van der Waals surface area contributed by atoms with Crippen LogP contribution in [0.15, 0.2) is 59.6 Å². The Balaban J connectivity index is 1.50. The number of nitroso groups, excluding NO2 is 1. The SMILES string of the molecule is CC1C[C@@H]2[C@H](CC[C@]3(C)C(c4cccnc4)=CC[C@@H]23)[C@@]2(C)C=CC(N=O)C=C12. The molecule has 2 fully saturated rings. The molecule has 3 heteroatoms. The lowest BCUT2D eigenvalue weighted by molar-refractivity contribution is -0.0113. The molecule has 7 atom stereocenters. The molecule has 4 aliphatic rings. The molecule has 1 aromatic heterocycles. The Morgan fingerprint density at radius 2 is 2.11 bits per heavy atom. The lowest BCUT2D eigenvalue weighted by atomic mass is 9.46. The molecule has 0 amide bonds. The number of aromatic nitrogens is 1. The average molecular weight is 375 g/mol. The van der Waals surface area contributed by atoms with E-state index in [1.165, 1.54) is 42.4 Å². The van der Waals surface area contributed by atoms with Crippen molar-refractivity contribution < 1.29 is 0 Å². The van der Waals surface area contributed by atoms with Gasteiger partial charge in [-0.2, -0.15) is 0 Å². The Labute approximate surface area is 168 Å². The largest absolute Gasteiger partial charge is 0.264 e. The molecule has 3 nitrogen and oxygen atoms in total. The molecule has 0 aliphatic heterocycles. The molecule has 0 N–H and O–H groups in total. The van der Waals surface area contributed by atoms with E-state index in [1.54, 1.807) is 0 Å². The highest BCUT2D eigenvalue weighted by Crippen LogP contribution is 2.66. The van der Waals surface area contributed by atoms with Gasteiger partial charge in [0.05, 0.1) is 0 Å². The van der Waals surface area contributed by atoms with Crippen molar-refractivity contribution in [2.75, 3.05) is 0 Å². The number of allylic oxidation sites excluding steroid dienone is 4. The predicted molar refractivity (Wildman–Crippen MR) is 113 cm³/mol. The topological polar surface area (TPSA) is 42.3 Å². The van der Waals surface area contributed by atoms with E-state index in [-0.39, 0.29) is 16.9 Å². The molecule has 0 aromatic carbocycles. The van der Waals surface area contributed by atoms with Crippen LogP contribution in [0.3, 0.4) is 0 Å². The van der Waals surface area contributed by atoms with Crippen LogP contribution in [0.5, 0.6) is 0 Å². The maximum absolute atomic E-state index is 11.1. The second-order valence-corrected chi connectivity index (χ2v) is 9.92. The van der Waals surface area contributed by atoms with Gasteiger partial charge in [0.2, 0.25) is 0 Å². The van der Waals surface area contributed by atoms with Crippen molar-refractivity contribution in [1.29, 1.82) is 0 Å². The second-order valence-electron chi connectivity index (χ2n) is 9.92. The fraction of sp³-hybridized carbons (Fsp3) is 0.560. The summed E-state index contributed by atoms with van der Waals surface area (Å²) in [4.78, 5) is 15.5. The van der Waals surface area contributed by atoms with Gasteiger partial charge in [0.25, 0.3) is 0 Å². The Morgan fingerprint density at radius 3 is 2.86 bits per heavy atom. The lowest BCUT2D eigenvalue weighted by Gasteiger charge is -2.58. The first-order valence-electron chi connectivity index (χ1n) is 10.8. The molecule has 28 heavy (non-hydrogen) atoms. The molecule has 1 heterocycles. The number of hydrogen-bond donors (Lipinski definition) is 0. The summed E-state index contributed by atoms with van der Waals surface area (Å²) >= 11 is 0. The van der Waals surface area contributed by atoms with E-state index in [0.717, 1.165) is 5.92 Å². The van der Waals surface area contributed by atoms with Crippen molar-refractivity contribution in [3.05, 3.63) is 64.9 Å². The molecule has 1 aromatic rings. The molecule has 0 radical (unpaired) electrons. The number of pyridine rings is 1. The molecule has 146 valence electrons. The van der Waals surface area contributed by atoms with E-state index in [9.17, 15) is 4.91 Å². The van der Waals surface area contributed by atoms with Crippen LogP contribution in [0.1, 0.15) is 52.0 Å². The normalized spacial score (nSPS) is 44.0. The van der Waals surface area contributed by atoms with E-state index in [1.807, 2.05) is 18.5 Å². The van der Waals surface area contributed by atoms with Crippen LogP contribution in [-0.2, 0) is 0 Å². The van der Waals surface area contributed by atoms with Gasteiger partial charge in [-0.05, 0) is 72.0 Å². The third-order valence-corrected chi connectivity index (χ3v) is 8.65. The Kier molecular flexibility index (Phi) is 4.01. The van der Waals surface area contributed by atoms with E-state index >= 15 is 0 Å². The predicted octanol–water partition coefficient (Wildman–Crippen LogP) is 6.19. The standard InChI is InChI=1S/C25H30N2O/c1-16-13-19-21-7-6-20(17-5-4-12-26-15-17)24(21,2)11-9-22(19)25(3)10-8-18(27-28)14-23(16)25/h4-6,8,10,12,14-16,18-19,21-22H,7,9,11,13H2,1-3H3/t16?,18?,19-,21-,22-,24+,25+/m0/s1. The summed E-state index contributed by atoms with van der Waals surface area (Å²) in [5.74, 6) is 2.62. The molecule has 0 saturated heterocycles. The summed E-state index contributed by atoms with van der Waals surface area (Å²) in [6, 6.07) is 4.01. The van der Waals surface area contributed by atoms with Gasteiger partial charge in [0.1, 0.15) is 6.04 Å².